The smallest absolute Gasteiger partial charge is 0.273 e. The second kappa shape index (κ2) is 10.6. The molecule has 0 radical (unpaired) electrons. The zero-order valence-electron chi connectivity index (χ0n) is 19.5. The van der Waals surface area contributed by atoms with Crippen LogP contribution < -0.4 is 10.1 Å². The lowest BCUT2D eigenvalue weighted by atomic mass is 10.1. The summed E-state index contributed by atoms with van der Waals surface area (Å²) in [5.41, 5.74) is 3.68. The molecule has 0 aliphatic rings. The molecule has 182 valence electrons. The molecular formula is C29H21N3O5. The maximum atomic E-state index is 12.6. The summed E-state index contributed by atoms with van der Waals surface area (Å²) in [7, 11) is 0. The number of carbonyl (C=O) groups excluding carboxylic acids is 1. The van der Waals surface area contributed by atoms with Crippen molar-refractivity contribution in [2.75, 3.05) is 5.32 Å². The number of nitrogens with zero attached hydrogens (tertiary/aromatic N) is 2. The molecule has 8 nitrogen and oxygen atoms in total. The van der Waals surface area contributed by atoms with Crippen LogP contribution in [0.15, 0.2) is 108 Å². The number of aromatic nitrogens is 1. The van der Waals surface area contributed by atoms with Gasteiger partial charge in [0.2, 0.25) is 11.8 Å². The van der Waals surface area contributed by atoms with Gasteiger partial charge in [-0.1, -0.05) is 54.6 Å². The highest BCUT2D eigenvalue weighted by Gasteiger charge is 2.15. The second-order valence-electron chi connectivity index (χ2n) is 8.14. The number of nitro benzene ring substituents is 1. The van der Waals surface area contributed by atoms with Crippen molar-refractivity contribution in [3.63, 3.8) is 0 Å². The van der Waals surface area contributed by atoms with Crippen LogP contribution in [0.25, 0.3) is 28.6 Å². The lowest BCUT2D eigenvalue weighted by molar-refractivity contribution is -0.384. The Morgan fingerprint density at radius 1 is 0.973 bits per heavy atom. The van der Waals surface area contributed by atoms with E-state index < -0.39 is 4.92 Å². The van der Waals surface area contributed by atoms with Crippen LogP contribution >= 0.6 is 0 Å². The van der Waals surface area contributed by atoms with E-state index in [1.165, 1.54) is 24.3 Å². The highest BCUT2D eigenvalue weighted by molar-refractivity contribution is 6.04. The Kier molecular flexibility index (Phi) is 6.72. The van der Waals surface area contributed by atoms with Crippen LogP contribution in [0.2, 0.25) is 0 Å². The van der Waals surface area contributed by atoms with Gasteiger partial charge in [-0.3, -0.25) is 14.9 Å². The zero-order chi connectivity index (χ0) is 25.6. The number of nitro groups is 1. The van der Waals surface area contributed by atoms with E-state index in [0.29, 0.717) is 29.0 Å². The summed E-state index contributed by atoms with van der Waals surface area (Å²) in [5, 5.41) is 13.9. The molecule has 1 heterocycles. The van der Waals surface area contributed by atoms with Gasteiger partial charge in [0.25, 0.3) is 5.69 Å². The fourth-order valence-corrected chi connectivity index (χ4v) is 3.68. The normalized spacial score (nSPS) is 11.0. The van der Waals surface area contributed by atoms with Gasteiger partial charge in [0, 0.05) is 12.1 Å². The molecule has 0 atom stereocenters. The SMILES string of the molecule is O=C(C=Cc1ccc(OCc2ccccc2)cc1)Nc1ccccc1-c1nc2ccc([N+](=O)[O-])cc2o1. The molecule has 0 aliphatic carbocycles. The molecule has 1 N–H and O–H groups in total. The Bertz CT molecular complexity index is 1590. The molecule has 1 aromatic heterocycles. The van der Waals surface area contributed by atoms with Crippen LogP contribution in [-0.4, -0.2) is 15.8 Å². The van der Waals surface area contributed by atoms with E-state index in [2.05, 4.69) is 10.3 Å². The highest BCUT2D eigenvalue weighted by Crippen LogP contribution is 2.31. The van der Waals surface area contributed by atoms with E-state index in [-0.39, 0.29) is 17.5 Å². The summed E-state index contributed by atoms with van der Waals surface area (Å²) < 4.78 is 11.6. The Balaban J connectivity index is 1.25. The lowest BCUT2D eigenvalue weighted by Gasteiger charge is -2.07. The fraction of sp³-hybridized carbons (Fsp3) is 0.0345. The number of benzene rings is 4. The summed E-state index contributed by atoms with van der Waals surface area (Å²) in [5.74, 6) is 0.660. The Morgan fingerprint density at radius 3 is 2.51 bits per heavy atom. The first-order valence-corrected chi connectivity index (χ1v) is 11.5. The Labute approximate surface area is 212 Å². The summed E-state index contributed by atoms with van der Waals surface area (Å²) in [6.45, 7) is 0.481. The molecule has 0 saturated carbocycles. The van der Waals surface area contributed by atoms with Crippen molar-refractivity contribution in [3.05, 3.63) is 124 Å². The van der Waals surface area contributed by atoms with Crippen molar-refractivity contribution in [1.29, 1.82) is 0 Å². The maximum absolute atomic E-state index is 12.6. The molecule has 5 rings (SSSR count). The Morgan fingerprint density at radius 2 is 1.73 bits per heavy atom. The third kappa shape index (κ3) is 5.71. The number of rotatable bonds is 8. The molecule has 0 bridgehead atoms. The van der Waals surface area contributed by atoms with Crippen LogP contribution in [0, 0.1) is 10.1 Å². The van der Waals surface area contributed by atoms with E-state index in [0.717, 1.165) is 16.9 Å². The van der Waals surface area contributed by atoms with Gasteiger partial charge in [0.1, 0.15) is 17.9 Å². The molecule has 0 unspecified atom stereocenters. The van der Waals surface area contributed by atoms with Gasteiger partial charge in [-0.2, -0.15) is 0 Å². The Hall–Kier alpha value is -5.24. The van der Waals surface area contributed by atoms with Crippen LogP contribution in [0.4, 0.5) is 11.4 Å². The molecule has 5 aromatic rings. The van der Waals surface area contributed by atoms with Crippen molar-refractivity contribution >= 4 is 34.5 Å². The van der Waals surface area contributed by atoms with Gasteiger partial charge in [-0.25, -0.2) is 4.98 Å². The predicted molar refractivity (Wildman–Crippen MR) is 141 cm³/mol. The van der Waals surface area contributed by atoms with Gasteiger partial charge in [-0.05, 0) is 47.5 Å². The first-order valence-electron chi connectivity index (χ1n) is 11.5. The number of hydrogen-bond donors (Lipinski definition) is 1. The van der Waals surface area contributed by atoms with Gasteiger partial charge < -0.3 is 14.5 Å². The fourth-order valence-electron chi connectivity index (χ4n) is 3.68. The maximum Gasteiger partial charge on any atom is 0.273 e. The zero-order valence-corrected chi connectivity index (χ0v) is 19.5. The average molecular weight is 492 g/mol. The molecule has 1 amide bonds. The minimum Gasteiger partial charge on any atom is -0.489 e. The van der Waals surface area contributed by atoms with Crippen molar-refractivity contribution in [1.82, 2.24) is 4.98 Å². The van der Waals surface area contributed by atoms with E-state index in [1.807, 2.05) is 54.6 Å². The quantitative estimate of drug-likeness (QED) is 0.148. The van der Waals surface area contributed by atoms with E-state index >= 15 is 0 Å². The number of anilines is 1. The average Bonchev–Trinajstić information content (AvgIpc) is 3.35. The molecule has 4 aromatic carbocycles. The van der Waals surface area contributed by atoms with Crippen LogP contribution in [0.3, 0.4) is 0 Å². The standard InChI is InChI=1S/C29H21N3O5/c33-28(17-12-20-10-14-23(15-11-20)36-19-21-6-2-1-3-7-21)30-25-9-5-4-8-24(25)29-31-26-16-13-22(32(34)35)18-27(26)37-29/h1-18H,19H2,(H,30,33). The third-order valence-electron chi connectivity index (χ3n) is 5.55. The summed E-state index contributed by atoms with van der Waals surface area (Å²) >= 11 is 0. The van der Waals surface area contributed by atoms with Crippen LogP contribution in [0.1, 0.15) is 11.1 Å². The number of nitrogens with one attached hydrogen (secondary N) is 1. The molecule has 0 fully saturated rings. The number of carbonyl (C=O) groups is 1. The summed E-state index contributed by atoms with van der Waals surface area (Å²) in [4.78, 5) is 27.6. The van der Waals surface area contributed by atoms with Gasteiger partial charge in [-0.15, -0.1) is 0 Å². The van der Waals surface area contributed by atoms with Crippen molar-refractivity contribution in [2.24, 2.45) is 0 Å². The van der Waals surface area contributed by atoms with Crippen molar-refractivity contribution in [2.45, 2.75) is 6.61 Å². The largest absolute Gasteiger partial charge is 0.489 e. The third-order valence-corrected chi connectivity index (χ3v) is 5.55. The molecule has 0 saturated heterocycles. The molecule has 8 heteroatoms. The van der Waals surface area contributed by atoms with Gasteiger partial charge in [0.05, 0.1) is 22.2 Å². The predicted octanol–water partition coefficient (Wildman–Crippen LogP) is 6.63. The topological polar surface area (TPSA) is 108 Å². The molecule has 0 spiro atoms. The first kappa shape index (κ1) is 23.5. The molecule has 0 aliphatic heterocycles. The number of oxazole rings is 1. The van der Waals surface area contributed by atoms with Crippen LogP contribution in [-0.2, 0) is 11.4 Å². The molecular weight excluding hydrogens is 470 g/mol. The first-order chi connectivity index (χ1) is 18.0. The van der Waals surface area contributed by atoms with E-state index in [9.17, 15) is 14.9 Å². The van der Waals surface area contributed by atoms with Crippen molar-refractivity contribution < 1.29 is 18.9 Å². The summed E-state index contributed by atoms with van der Waals surface area (Å²) in [6.07, 6.45) is 3.14. The van der Waals surface area contributed by atoms with E-state index in [1.54, 1.807) is 30.3 Å². The minimum absolute atomic E-state index is 0.0854. The van der Waals surface area contributed by atoms with Gasteiger partial charge in [0.15, 0.2) is 5.58 Å². The van der Waals surface area contributed by atoms with E-state index in [4.69, 9.17) is 9.15 Å². The summed E-state index contributed by atoms with van der Waals surface area (Å²) in [6, 6.07) is 28.7. The van der Waals surface area contributed by atoms with Crippen molar-refractivity contribution in [3.8, 4) is 17.2 Å². The monoisotopic (exact) mass is 491 g/mol. The lowest BCUT2D eigenvalue weighted by Crippen LogP contribution is -2.08. The highest BCUT2D eigenvalue weighted by atomic mass is 16.6. The minimum atomic E-state index is -0.493. The van der Waals surface area contributed by atoms with Gasteiger partial charge >= 0.3 is 0 Å². The second-order valence-corrected chi connectivity index (χ2v) is 8.14. The number of non-ortho nitro benzene ring substituents is 1. The molecule has 37 heavy (non-hydrogen) atoms. The number of ether oxygens (including phenoxy) is 1. The number of amides is 1. The number of para-hydroxylation sites is 1. The van der Waals surface area contributed by atoms with Crippen LogP contribution in [0.5, 0.6) is 5.75 Å². The number of hydrogen-bond acceptors (Lipinski definition) is 6. The number of fused-ring (bicyclic) bond motifs is 1.